The summed E-state index contributed by atoms with van der Waals surface area (Å²) in [6.07, 6.45) is 0. The molecule has 0 atom stereocenters. The van der Waals surface area contributed by atoms with Gasteiger partial charge in [-0.2, -0.15) is 0 Å². The average molecular weight is 347 g/mol. The number of carbonyl (C=O) groups is 1. The maximum Gasteiger partial charge on any atom is 0.253 e. The van der Waals surface area contributed by atoms with Crippen LogP contribution in [0.2, 0.25) is 0 Å². The predicted octanol–water partition coefficient (Wildman–Crippen LogP) is 2.87. The molecule has 1 amide bonds. The molecule has 3 nitrogen and oxygen atoms in total. The van der Waals surface area contributed by atoms with Crippen LogP contribution >= 0.6 is 55.0 Å². The normalized spacial score (nSPS) is 10.1. The van der Waals surface area contributed by atoms with Gasteiger partial charge < -0.3 is 0 Å². The molecule has 1 aromatic rings. The van der Waals surface area contributed by atoms with Crippen LogP contribution in [-0.2, 0) is 4.79 Å². The Hall–Kier alpha value is 0.440. The van der Waals surface area contributed by atoms with E-state index in [1.165, 1.54) is 23.1 Å². The molecule has 7 heteroatoms. The van der Waals surface area contributed by atoms with E-state index in [4.69, 9.17) is 5.21 Å². The molecule has 0 unspecified atom stereocenters. The van der Waals surface area contributed by atoms with Gasteiger partial charge in [-0.15, -0.1) is 23.1 Å². The smallest absolute Gasteiger partial charge is 0.253 e. The van der Waals surface area contributed by atoms with Crippen LogP contribution < -0.4 is 5.48 Å². The molecule has 0 bridgehead atoms. The Bertz CT molecular complexity index is 316. The summed E-state index contributed by atoms with van der Waals surface area (Å²) in [4.78, 5) is 10.7. The highest BCUT2D eigenvalue weighted by Gasteiger charge is 2.08. The van der Waals surface area contributed by atoms with E-state index in [0.29, 0.717) is 0 Å². The summed E-state index contributed by atoms with van der Waals surface area (Å²) < 4.78 is 2.97. The number of halogens is 2. The Morgan fingerprint density at radius 3 is 2.85 bits per heavy atom. The lowest BCUT2D eigenvalue weighted by Gasteiger charge is -1.96. The van der Waals surface area contributed by atoms with E-state index in [2.05, 4.69) is 31.9 Å². The van der Waals surface area contributed by atoms with Gasteiger partial charge in [-0.1, -0.05) is 0 Å². The molecule has 0 radical (unpaired) electrons. The molecule has 0 aromatic carbocycles. The number of hydrogen-bond donors (Lipinski definition) is 2. The van der Waals surface area contributed by atoms with Crippen molar-refractivity contribution in [2.24, 2.45) is 0 Å². The zero-order valence-corrected chi connectivity index (χ0v) is 11.0. The molecule has 0 aliphatic carbocycles. The summed E-state index contributed by atoms with van der Waals surface area (Å²) in [5.41, 5.74) is 1.58. The van der Waals surface area contributed by atoms with Gasteiger partial charge in [0.15, 0.2) is 0 Å². The second-order valence-corrected chi connectivity index (χ2v) is 6.54. The molecule has 0 aliphatic rings. The van der Waals surface area contributed by atoms with E-state index in [-0.39, 0.29) is 5.75 Å². The van der Waals surface area contributed by atoms with Crippen LogP contribution in [0.3, 0.4) is 0 Å². The third kappa shape index (κ3) is 3.59. The van der Waals surface area contributed by atoms with Crippen molar-refractivity contribution in [1.82, 2.24) is 5.48 Å². The lowest BCUT2D eigenvalue weighted by Crippen LogP contribution is -2.20. The van der Waals surface area contributed by atoms with Crippen molar-refractivity contribution in [3.05, 3.63) is 14.3 Å². The lowest BCUT2D eigenvalue weighted by molar-refractivity contribution is -0.126. The fourth-order valence-corrected chi connectivity index (χ4v) is 4.61. The molecule has 0 saturated carbocycles. The summed E-state index contributed by atoms with van der Waals surface area (Å²) in [5.74, 6) is -0.191. The van der Waals surface area contributed by atoms with Crippen molar-refractivity contribution in [3.8, 4) is 0 Å². The van der Waals surface area contributed by atoms with Gasteiger partial charge in [0.25, 0.3) is 5.91 Å². The van der Waals surface area contributed by atoms with E-state index in [1.54, 1.807) is 5.48 Å². The first-order valence-corrected chi connectivity index (χ1v) is 6.53. The largest absolute Gasteiger partial charge is 0.289 e. The second kappa shape index (κ2) is 5.35. The first-order valence-electron chi connectivity index (χ1n) is 3.14. The molecule has 1 aromatic heterocycles. The number of hydrogen-bond acceptors (Lipinski definition) is 4. The molecule has 1 rings (SSSR count). The van der Waals surface area contributed by atoms with Gasteiger partial charge in [0.05, 0.1) is 13.7 Å². The van der Waals surface area contributed by atoms with E-state index in [0.717, 1.165) is 12.5 Å². The number of carbonyl (C=O) groups excluding carboxylic acids is 1. The highest BCUT2D eigenvalue weighted by molar-refractivity contribution is 9.11. The summed E-state index contributed by atoms with van der Waals surface area (Å²) in [6.45, 7) is 0. The first-order chi connectivity index (χ1) is 6.13. The fraction of sp³-hybridized carbons (Fsp3) is 0.167. The number of amides is 1. The summed E-state index contributed by atoms with van der Waals surface area (Å²) in [6, 6.07) is 1.92. The summed E-state index contributed by atoms with van der Waals surface area (Å²) in [7, 11) is 0. The maximum atomic E-state index is 10.7. The monoisotopic (exact) mass is 345 g/mol. The van der Waals surface area contributed by atoms with Gasteiger partial charge in [-0.25, -0.2) is 5.48 Å². The average Bonchev–Trinajstić information content (AvgIpc) is 2.41. The quantitative estimate of drug-likeness (QED) is 0.502. The van der Waals surface area contributed by atoms with Crippen LogP contribution in [0.4, 0.5) is 0 Å². The van der Waals surface area contributed by atoms with Crippen molar-refractivity contribution in [1.29, 1.82) is 0 Å². The van der Waals surface area contributed by atoms with E-state index < -0.39 is 5.91 Å². The van der Waals surface area contributed by atoms with Crippen LogP contribution in [0, 0.1) is 0 Å². The molecule has 13 heavy (non-hydrogen) atoms. The number of nitrogens with one attached hydrogen (secondary N) is 1. The molecule has 0 spiro atoms. The first kappa shape index (κ1) is 11.5. The Morgan fingerprint density at radius 1 is 1.69 bits per heavy atom. The minimum absolute atomic E-state index is 0.210. The fourth-order valence-electron chi connectivity index (χ4n) is 0.587. The van der Waals surface area contributed by atoms with E-state index >= 15 is 0 Å². The van der Waals surface area contributed by atoms with Gasteiger partial charge in [0.1, 0.15) is 0 Å². The third-order valence-corrected chi connectivity index (χ3v) is 5.16. The molecular formula is C6H5Br2NO2S2. The Labute approximate surface area is 100 Å². The second-order valence-electron chi connectivity index (χ2n) is 2.01. The highest BCUT2D eigenvalue weighted by Crippen LogP contribution is 2.38. The zero-order chi connectivity index (χ0) is 9.84. The molecular weight excluding hydrogens is 342 g/mol. The van der Waals surface area contributed by atoms with Crippen LogP contribution in [-0.4, -0.2) is 16.9 Å². The van der Waals surface area contributed by atoms with Crippen LogP contribution in [0.15, 0.2) is 18.5 Å². The summed E-state index contributed by atoms with van der Waals surface area (Å²) in [5, 5.41) is 8.26. The van der Waals surface area contributed by atoms with Crippen molar-refractivity contribution in [2.75, 3.05) is 5.75 Å². The van der Waals surface area contributed by atoms with Crippen LogP contribution in [0.5, 0.6) is 0 Å². The lowest BCUT2D eigenvalue weighted by atomic mass is 10.7. The van der Waals surface area contributed by atoms with Crippen molar-refractivity contribution < 1.29 is 10.0 Å². The van der Waals surface area contributed by atoms with Crippen LogP contribution in [0.1, 0.15) is 0 Å². The Balaban J connectivity index is 2.54. The number of thioether (sulfide) groups is 1. The highest BCUT2D eigenvalue weighted by atomic mass is 79.9. The minimum Gasteiger partial charge on any atom is -0.289 e. The maximum absolute atomic E-state index is 10.7. The molecule has 0 fully saturated rings. The standard InChI is InChI=1S/C6H5Br2NO2S2/c7-3-1-4(8)13-6(3)12-2-5(10)9-11/h1,11H,2H2,(H,9,10). The van der Waals surface area contributed by atoms with E-state index in [1.807, 2.05) is 6.07 Å². The topological polar surface area (TPSA) is 49.3 Å². The molecule has 72 valence electrons. The van der Waals surface area contributed by atoms with Crippen molar-refractivity contribution in [2.45, 2.75) is 4.21 Å². The minimum atomic E-state index is -0.401. The van der Waals surface area contributed by atoms with Gasteiger partial charge >= 0.3 is 0 Å². The van der Waals surface area contributed by atoms with Gasteiger partial charge in [-0.3, -0.25) is 10.0 Å². The van der Waals surface area contributed by atoms with Crippen LogP contribution in [0.25, 0.3) is 0 Å². The van der Waals surface area contributed by atoms with Crippen molar-refractivity contribution in [3.63, 3.8) is 0 Å². The van der Waals surface area contributed by atoms with Gasteiger partial charge in [0.2, 0.25) is 0 Å². The van der Waals surface area contributed by atoms with Crippen molar-refractivity contribution >= 4 is 60.9 Å². The SMILES string of the molecule is O=C(CSc1sc(Br)cc1Br)NO. The molecule has 1 heterocycles. The number of rotatable bonds is 3. The Kier molecular flexibility index (Phi) is 4.74. The third-order valence-electron chi connectivity index (χ3n) is 1.08. The molecule has 2 N–H and O–H groups in total. The zero-order valence-electron chi connectivity index (χ0n) is 6.21. The van der Waals surface area contributed by atoms with E-state index in [9.17, 15) is 4.79 Å². The van der Waals surface area contributed by atoms with Gasteiger partial charge in [0, 0.05) is 4.47 Å². The number of thiophene rings is 1. The molecule has 0 saturated heterocycles. The van der Waals surface area contributed by atoms with Gasteiger partial charge in [-0.05, 0) is 37.9 Å². The Morgan fingerprint density at radius 2 is 2.38 bits per heavy atom. The number of hydroxylamine groups is 1. The predicted molar refractivity (Wildman–Crippen MR) is 60.4 cm³/mol. The molecule has 0 aliphatic heterocycles. The summed E-state index contributed by atoms with van der Waals surface area (Å²) >= 11 is 9.59.